The lowest BCUT2D eigenvalue weighted by Gasteiger charge is -2.15. The Hall–Kier alpha value is -1.52. The first kappa shape index (κ1) is 12.9. The van der Waals surface area contributed by atoms with Crippen LogP contribution < -0.4 is 0 Å². The summed E-state index contributed by atoms with van der Waals surface area (Å²) in [7, 11) is 0. The van der Waals surface area contributed by atoms with Gasteiger partial charge in [0.15, 0.2) is 0 Å². The maximum Gasteiger partial charge on any atom is 0.135 e. The summed E-state index contributed by atoms with van der Waals surface area (Å²) in [6, 6.07) is 3.86. The highest BCUT2D eigenvalue weighted by Gasteiger charge is 2.22. The van der Waals surface area contributed by atoms with E-state index in [0.29, 0.717) is 0 Å². The Morgan fingerprint density at radius 3 is 2.67 bits per heavy atom. The molecule has 0 radical (unpaired) electrons. The normalized spacial score (nSPS) is 12.5. The van der Waals surface area contributed by atoms with Crippen LogP contribution in [0.2, 0.25) is 5.02 Å². The monoisotopic (exact) mass is 269 g/mol. The highest BCUT2D eigenvalue weighted by atomic mass is 35.5. The van der Waals surface area contributed by atoms with Crippen LogP contribution >= 0.6 is 11.6 Å². The average molecular weight is 270 g/mol. The van der Waals surface area contributed by atoms with Gasteiger partial charge in [-0.15, -0.1) is 0 Å². The highest BCUT2D eigenvalue weighted by Crippen LogP contribution is 2.31. The molecule has 0 fully saturated rings. The molecule has 0 bridgehead atoms. The molecule has 18 heavy (non-hydrogen) atoms. The molecule has 2 nitrogen and oxygen atoms in total. The molecule has 5 heteroatoms. The van der Waals surface area contributed by atoms with Crippen molar-refractivity contribution in [1.82, 2.24) is 4.98 Å². The summed E-state index contributed by atoms with van der Waals surface area (Å²) in [5.41, 5.74) is 0.0776. The zero-order valence-corrected chi connectivity index (χ0v) is 10.2. The molecule has 0 aliphatic carbocycles. The average Bonchev–Trinajstić information content (AvgIpc) is 2.35. The number of hydrogen-bond donors (Lipinski definition) is 1. The van der Waals surface area contributed by atoms with Gasteiger partial charge >= 0.3 is 0 Å². The maximum atomic E-state index is 13.9. The van der Waals surface area contributed by atoms with Crippen molar-refractivity contribution in [2.75, 3.05) is 0 Å². The van der Waals surface area contributed by atoms with E-state index in [1.807, 2.05) is 0 Å². The first-order valence-corrected chi connectivity index (χ1v) is 5.62. The van der Waals surface area contributed by atoms with Crippen molar-refractivity contribution in [1.29, 1.82) is 0 Å². The van der Waals surface area contributed by atoms with E-state index in [4.69, 9.17) is 11.6 Å². The predicted molar refractivity (Wildman–Crippen MR) is 64.4 cm³/mol. The molecule has 2 rings (SSSR count). The third kappa shape index (κ3) is 2.21. The SMILES string of the molecule is Cc1ccc(F)c(C(O)c2ccncc2Cl)c1F. The van der Waals surface area contributed by atoms with E-state index >= 15 is 0 Å². The van der Waals surface area contributed by atoms with Crippen molar-refractivity contribution in [2.45, 2.75) is 13.0 Å². The van der Waals surface area contributed by atoms with Crippen LogP contribution in [0.25, 0.3) is 0 Å². The van der Waals surface area contributed by atoms with E-state index in [9.17, 15) is 13.9 Å². The molecule has 1 atom stereocenters. The molecule has 0 amide bonds. The Kier molecular flexibility index (Phi) is 3.59. The summed E-state index contributed by atoms with van der Waals surface area (Å²) in [6.07, 6.45) is 1.25. The summed E-state index contributed by atoms with van der Waals surface area (Å²) in [5.74, 6) is -1.58. The van der Waals surface area contributed by atoms with Gasteiger partial charge < -0.3 is 5.11 Å². The second-order valence-electron chi connectivity index (χ2n) is 3.89. The summed E-state index contributed by atoms with van der Waals surface area (Å²) >= 11 is 5.85. The van der Waals surface area contributed by atoms with Gasteiger partial charge in [-0.1, -0.05) is 17.7 Å². The van der Waals surface area contributed by atoms with E-state index < -0.39 is 23.3 Å². The summed E-state index contributed by atoms with van der Waals surface area (Å²) in [6.45, 7) is 1.50. The van der Waals surface area contributed by atoms with Gasteiger partial charge in [-0.3, -0.25) is 4.98 Å². The number of rotatable bonds is 2. The highest BCUT2D eigenvalue weighted by molar-refractivity contribution is 6.31. The minimum atomic E-state index is -1.46. The molecule has 1 unspecified atom stereocenters. The Labute approximate surface area is 108 Å². The fourth-order valence-electron chi connectivity index (χ4n) is 1.69. The van der Waals surface area contributed by atoms with E-state index in [1.165, 1.54) is 31.5 Å². The minimum absolute atomic E-state index is 0.158. The van der Waals surface area contributed by atoms with E-state index in [1.54, 1.807) is 0 Å². The molecule has 0 saturated heterocycles. The molecule has 0 aliphatic heterocycles. The Bertz CT molecular complexity index is 589. The molecule has 2 aromatic rings. The number of benzene rings is 1. The molecular weight excluding hydrogens is 260 g/mol. The quantitative estimate of drug-likeness (QED) is 0.906. The van der Waals surface area contributed by atoms with Crippen LogP contribution in [0.3, 0.4) is 0 Å². The van der Waals surface area contributed by atoms with Gasteiger partial charge in [-0.25, -0.2) is 8.78 Å². The van der Waals surface area contributed by atoms with Gasteiger partial charge in [0.2, 0.25) is 0 Å². The van der Waals surface area contributed by atoms with Crippen LogP contribution in [0, 0.1) is 18.6 Å². The zero-order chi connectivity index (χ0) is 13.3. The number of nitrogens with zero attached hydrogens (tertiary/aromatic N) is 1. The topological polar surface area (TPSA) is 33.1 Å². The van der Waals surface area contributed by atoms with Crippen molar-refractivity contribution >= 4 is 11.6 Å². The molecule has 0 aliphatic rings. The Morgan fingerprint density at radius 1 is 1.28 bits per heavy atom. The largest absolute Gasteiger partial charge is 0.383 e. The summed E-state index contributed by atoms with van der Waals surface area (Å²) in [4.78, 5) is 3.75. The Morgan fingerprint density at radius 2 is 2.00 bits per heavy atom. The fourth-order valence-corrected chi connectivity index (χ4v) is 1.91. The molecule has 1 aromatic carbocycles. The second-order valence-corrected chi connectivity index (χ2v) is 4.30. The summed E-state index contributed by atoms with van der Waals surface area (Å²) < 4.78 is 27.5. The van der Waals surface area contributed by atoms with E-state index in [0.717, 1.165) is 6.07 Å². The van der Waals surface area contributed by atoms with Crippen LogP contribution in [0.4, 0.5) is 8.78 Å². The van der Waals surface area contributed by atoms with Crippen molar-refractivity contribution in [2.24, 2.45) is 0 Å². The van der Waals surface area contributed by atoms with Gasteiger partial charge in [-0.05, 0) is 24.6 Å². The first-order valence-electron chi connectivity index (χ1n) is 5.24. The molecule has 1 N–H and O–H groups in total. The number of aromatic nitrogens is 1. The lowest BCUT2D eigenvalue weighted by Crippen LogP contribution is -2.07. The fraction of sp³-hybridized carbons (Fsp3) is 0.154. The number of hydrogen-bond acceptors (Lipinski definition) is 2. The van der Waals surface area contributed by atoms with Gasteiger partial charge in [0, 0.05) is 18.0 Å². The lowest BCUT2D eigenvalue weighted by atomic mass is 9.99. The van der Waals surface area contributed by atoms with Crippen LogP contribution in [-0.4, -0.2) is 10.1 Å². The van der Waals surface area contributed by atoms with Crippen molar-refractivity contribution in [3.8, 4) is 0 Å². The number of pyridine rings is 1. The third-order valence-electron chi connectivity index (χ3n) is 2.69. The smallest absolute Gasteiger partial charge is 0.135 e. The van der Waals surface area contributed by atoms with Crippen molar-refractivity contribution in [3.63, 3.8) is 0 Å². The second kappa shape index (κ2) is 5.00. The summed E-state index contributed by atoms with van der Waals surface area (Å²) in [5, 5.41) is 10.2. The van der Waals surface area contributed by atoms with Crippen LogP contribution in [0.5, 0.6) is 0 Å². The van der Waals surface area contributed by atoms with Crippen molar-refractivity contribution < 1.29 is 13.9 Å². The van der Waals surface area contributed by atoms with E-state index in [-0.39, 0.29) is 16.1 Å². The van der Waals surface area contributed by atoms with Gasteiger partial charge in [0.1, 0.15) is 17.7 Å². The molecule has 94 valence electrons. The van der Waals surface area contributed by atoms with Gasteiger partial charge in [0.25, 0.3) is 0 Å². The molecule has 1 aromatic heterocycles. The minimum Gasteiger partial charge on any atom is -0.383 e. The molecular formula is C13H10ClF2NO. The first-order chi connectivity index (χ1) is 8.52. The standard InChI is InChI=1S/C13H10ClF2NO/c1-7-2-3-10(15)11(12(7)16)13(18)8-4-5-17-6-9(8)14/h2-6,13,18H,1H3. The van der Waals surface area contributed by atoms with Gasteiger partial charge in [0.05, 0.1) is 10.6 Å². The number of aliphatic hydroxyl groups is 1. The lowest BCUT2D eigenvalue weighted by molar-refractivity contribution is 0.209. The van der Waals surface area contributed by atoms with Crippen LogP contribution in [0.15, 0.2) is 30.6 Å². The Balaban J connectivity index is 2.56. The molecule has 1 heterocycles. The molecule has 0 spiro atoms. The number of aliphatic hydroxyl groups excluding tert-OH is 1. The van der Waals surface area contributed by atoms with Crippen LogP contribution in [-0.2, 0) is 0 Å². The van der Waals surface area contributed by atoms with E-state index in [2.05, 4.69) is 4.98 Å². The zero-order valence-electron chi connectivity index (χ0n) is 9.49. The van der Waals surface area contributed by atoms with Crippen LogP contribution in [0.1, 0.15) is 22.8 Å². The van der Waals surface area contributed by atoms with Crippen molar-refractivity contribution in [3.05, 3.63) is 63.9 Å². The predicted octanol–water partition coefficient (Wildman–Crippen LogP) is 3.40. The number of halogens is 3. The molecule has 0 saturated carbocycles. The number of aryl methyl sites for hydroxylation is 1. The maximum absolute atomic E-state index is 13.9. The van der Waals surface area contributed by atoms with Gasteiger partial charge in [-0.2, -0.15) is 0 Å². The third-order valence-corrected chi connectivity index (χ3v) is 3.01.